The molecule has 1 saturated heterocycles. The van der Waals surface area contributed by atoms with E-state index in [0.29, 0.717) is 60.9 Å². The molecule has 27 heavy (non-hydrogen) atoms. The number of benzene rings is 1. The van der Waals surface area contributed by atoms with Gasteiger partial charge in [0.25, 0.3) is 5.91 Å². The lowest BCUT2D eigenvalue weighted by Gasteiger charge is -2.18. The third-order valence-electron chi connectivity index (χ3n) is 4.83. The Morgan fingerprint density at radius 2 is 2.11 bits per heavy atom. The van der Waals surface area contributed by atoms with Crippen molar-refractivity contribution in [2.75, 3.05) is 18.1 Å². The number of aromatic nitrogens is 1. The molecule has 0 saturated carbocycles. The summed E-state index contributed by atoms with van der Waals surface area (Å²) in [6.07, 6.45) is 2.09. The Morgan fingerprint density at radius 1 is 1.26 bits per heavy atom. The smallest absolute Gasteiger partial charge is 0.268 e. The molecule has 2 heterocycles. The predicted octanol–water partition coefficient (Wildman–Crippen LogP) is 2.93. The summed E-state index contributed by atoms with van der Waals surface area (Å²) in [5.74, 6) is 0.154. The van der Waals surface area contributed by atoms with Gasteiger partial charge in [-0.1, -0.05) is 0 Å². The van der Waals surface area contributed by atoms with Gasteiger partial charge >= 0.3 is 0 Å². The topological polar surface area (TPSA) is 68.7 Å². The van der Waals surface area contributed by atoms with Crippen molar-refractivity contribution in [2.24, 2.45) is 0 Å². The maximum absolute atomic E-state index is 14.3. The van der Waals surface area contributed by atoms with Gasteiger partial charge in [-0.15, -0.1) is 0 Å². The van der Waals surface area contributed by atoms with Gasteiger partial charge in [-0.3, -0.25) is 9.59 Å². The van der Waals surface area contributed by atoms with Crippen LogP contribution in [0.4, 0.5) is 10.1 Å². The number of hydrogen-bond acceptors (Lipinski definition) is 5. The summed E-state index contributed by atoms with van der Waals surface area (Å²) in [5.41, 5.74) is 1.24. The SMILES string of the molecule is CCOc1cc(O[C@@H]2CCN(c3cc(F)c4c(c3)C(=O)CC4)C2=O)ccn1. The van der Waals surface area contributed by atoms with E-state index in [-0.39, 0.29) is 11.7 Å². The molecule has 1 aromatic heterocycles. The zero-order valence-corrected chi connectivity index (χ0v) is 14.9. The number of rotatable bonds is 5. The normalized spacial score (nSPS) is 18.7. The van der Waals surface area contributed by atoms with Crippen molar-refractivity contribution < 1.29 is 23.5 Å². The van der Waals surface area contributed by atoms with Crippen molar-refractivity contribution in [2.45, 2.75) is 32.3 Å². The largest absolute Gasteiger partial charge is 0.480 e. The molecule has 7 heteroatoms. The van der Waals surface area contributed by atoms with Crippen LogP contribution in [-0.2, 0) is 11.2 Å². The number of anilines is 1. The van der Waals surface area contributed by atoms with E-state index in [0.717, 1.165) is 0 Å². The number of ketones is 1. The number of ether oxygens (including phenoxy) is 2. The van der Waals surface area contributed by atoms with Gasteiger partial charge in [0.1, 0.15) is 11.6 Å². The first-order chi connectivity index (χ1) is 13.1. The second-order valence-electron chi connectivity index (χ2n) is 6.52. The fraction of sp³-hybridized carbons (Fsp3) is 0.350. The second-order valence-corrected chi connectivity index (χ2v) is 6.52. The first kappa shape index (κ1) is 17.5. The van der Waals surface area contributed by atoms with Gasteiger partial charge in [0.15, 0.2) is 11.9 Å². The molecule has 0 N–H and O–H groups in total. The van der Waals surface area contributed by atoms with Crippen LogP contribution in [0.25, 0.3) is 0 Å². The van der Waals surface area contributed by atoms with Gasteiger partial charge in [-0.2, -0.15) is 0 Å². The van der Waals surface area contributed by atoms with Crippen LogP contribution in [-0.4, -0.2) is 35.9 Å². The summed E-state index contributed by atoms with van der Waals surface area (Å²) in [4.78, 5) is 30.2. The monoisotopic (exact) mass is 370 g/mol. The first-order valence-electron chi connectivity index (χ1n) is 8.99. The van der Waals surface area contributed by atoms with E-state index in [1.807, 2.05) is 6.92 Å². The molecule has 0 bridgehead atoms. The third-order valence-corrected chi connectivity index (χ3v) is 4.83. The Bertz CT molecular complexity index is 915. The van der Waals surface area contributed by atoms with E-state index in [9.17, 15) is 14.0 Å². The summed E-state index contributed by atoms with van der Waals surface area (Å²) < 4.78 is 25.5. The Balaban J connectivity index is 1.53. The highest BCUT2D eigenvalue weighted by atomic mass is 19.1. The molecule has 0 radical (unpaired) electrons. The van der Waals surface area contributed by atoms with E-state index in [4.69, 9.17) is 9.47 Å². The molecule has 0 spiro atoms. The maximum atomic E-state index is 14.3. The van der Waals surface area contributed by atoms with E-state index in [1.165, 1.54) is 11.0 Å². The predicted molar refractivity (Wildman–Crippen MR) is 95.8 cm³/mol. The number of pyridine rings is 1. The summed E-state index contributed by atoms with van der Waals surface area (Å²) in [6, 6.07) is 6.24. The van der Waals surface area contributed by atoms with Crippen molar-refractivity contribution >= 4 is 17.4 Å². The van der Waals surface area contributed by atoms with E-state index < -0.39 is 11.9 Å². The van der Waals surface area contributed by atoms with Gasteiger partial charge in [-0.25, -0.2) is 9.37 Å². The molecular weight excluding hydrogens is 351 g/mol. The average Bonchev–Trinajstić information content (AvgIpc) is 3.20. The van der Waals surface area contributed by atoms with Gasteiger partial charge in [-0.05, 0) is 37.1 Å². The molecule has 140 valence electrons. The number of fused-ring (bicyclic) bond motifs is 1. The number of nitrogens with zero attached hydrogens (tertiary/aromatic N) is 2. The van der Waals surface area contributed by atoms with E-state index >= 15 is 0 Å². The average molecular weight is 370 g/mol. The number of carbonyl (C=O) groups is 2. The summed E-state index contributed by atoms with van der Waals surface area (Å²) in [7, 11) is 0. The summed E-state index contributed by atoms with van der Waals surface area (Å²) in [5, 5.41) is 0. The van der Waals surface area contributed by atoms with Crippen LogP contribution < -0.4 is 14.4 Å². The fourth-order valence-corrected chi connectivity index (χ4v) is 3.53. The summed E-state index contributed by atoms with van der Waals surface area (Å²) in [6.45, 7) is 2.74. The van der Waals surface area contributed by atoms with Crippen LogP contribution in [0, 0.1) is 5.82 Å². The lowest BCUT2D eigenvalue weighted by Crippen LogP contribution is -2.32. The highest BCUT2D eigenvalue weighted by Gasteiger charge is 2.36. The lowest BCUT2D eigenvalue weighted by molar-refractivity contribution is -0.122. The number of halogens is 1. The van der Waals surface area contributed by atoms with Crippen LogP contribution in [0.3, 0.4) is 0 Å². The third kappa shape index (κ3) is 3.25. The number of carbonyl (C=O) groups excluding carboxylic acids is 2. The summed E-state index contributed by atoms with van der Waals surface area (Å²) >= 11 is 0. The minimum absolute atomic E-state index is 0.0783. The number of amides is 1. The Kier molecular flexibility index (Phi) is 4.51. The Morgan fingerprint density at radius 3 is 2.93 bits per heavy atom. The van der Waals surface area contributed by atoms with Gasteiger partial charge in [0, 0.05) is 42.9 Å². The lowest BCUT2D eigenvalue weighted by atomic mass is 10.1. The molecule has 1 aliphatic carbocycles. The van der Waals surface area contributed by atoms with E-state index in [2.05, 4.69) is 4.98 Å². The molecule has 2 aliphatic rings. The zero-order valence-electron chi connectivity index (χ0n) is 14.9. The Labute approximate surface area is 155 Å². The zero-order chi connectivity index (χ0) is 19.0. The minimum atomic E-state index is -0.672. The highest BCUT2D eigenvalue weighted by molar-refractivity contribution is 6.04. The maximum Gasteiger partial charge on any atom is 0.268 e. The van der Waals surface area contributed by atoms with Crippen molar-refractivity contribution in [3.63, 3.8) is 0 Å². The van der Waals surface area contributed by atoms with Gasteiger partial charge < -0.3 is 14.4 Å². The van der Waals surface area contributed by atoms with Crippen molar-refractivity contribution in [1.82, 2.24) is 4.98 Å². The van der Waals surface area contributed by atoms with Crippen molar-refractivity contribution in [1.29, 1.82) is 0 Å². The quantitative estimate of drug-likeness (QED) is 0.809. The number of Topliss-reactive ketones (excluding diaryl/α,β-unsaturated/α-hetero) is 1. The van der Waals surface area contributed by atoms with Crippen LogP contribution >= 0.6 is 0 Å². The molecule has 4 rings (SSSR count). The molecule has 0 unspecified atom stereocenters. The molecule has 6 nitrogen and oxygen atoms in total. The molecule has 1 aliphatic heterocycles. The molecular formula is C20H19FN2O4. The van der Waals surface area contributed by atoms with Crippen LogP contribution in [0.2, 0.25) is 0 Å². The minimum Gasteiger partial charge on any atom is -0.480 e. The molecule has 1 aromatic carbocycles. The fourth-order valence-electron chi connectivity index (χ4n) is 3.53. The number of hydrogen-bond donors (Lipinski definition) is 0. The molecule has 1 amide bonds. The molecule has 1 atom stereocenters. The van der Waals surface area contributed by atoms with Gasteiger partial charge in [0.05, 0.1) is 6.61 Å². The first-order valence-corrected chi connectivity index (χ1v) is 8.99. The second kappa shape index (κ2) is 6.98. The standard InChI is InChI=1S/C20H19FN2O4/c1-2-26-19-11-13(5-7-22-19)27-18-6-8-23(20(18)25)12-9-15-14(16(21)10-12)3-4-17(15)24/h5,7,9-11,18H,2-4,6,8H2,1H3/t18-/m1/s1. The van der Waals surface area contributed by atoms with Gasteiger partial charge in [0.2, 0.25) is 5.88 Å². The van der Waals surface area contributed by atoms with Crippen molar-refractivity contribution in [3.05, 3.63) is 47.4 Å². The van der Waals surface area contributed by atoms with E-state index in [1.54, 1.807) is 24.4 Å². The van der Waals surface area contributed by atoms with Crippen molar-refractivity contribution in [3.8, 4) is 11.6 Å². The van der Waals surface area contributed by atoms with Crippen LogP contribution in [0.5, 0.6) is 11.6 Å². The van der Waals surface area contributed by atoms with Crippen LogP contribution in [0.1, 0.15) is 35.7 Å². The Hall–Kier alpha value is -2.96. The highest BCUT2D eigenvalue weighted by Crippen LogP contribution is 2.32. The van der Waals surface area contributed by atoms with Crippen LogP contribution in [0.15, 0.2) is 30.5 Å². The molecule has 2 aromatic rings. The molecule has 1 fully saturated rings.